The number of carbonyl (C=O) groups excluding carboxylic acids is 1. The summed E-state index contributed by atoms with van der Waals surface area (Å²) in [4.78, 5) is 19.3. The predicted octanol–water partition coefficient (Wildman–Crippen LogP) is 3.61. The van der Waals surface area contributed by atoms with Gasteiger partial charge in [0.25, 0.3) is 5.91 Å². The smallest absolute Gasteiger partial charge is 0.260 e. The van der Waals surface area contributed by atoms with E-state index >= 15 is 0 Å². The number of allylic oxidation sites excluding steroid dienone is 1. The van der Waals surface area contributed by atoms with Gasteiger partial charge >= 0.3 is 0 Å². The minimum atomic E-state index is -0.630. The van der Waals surface area contributed by atoms with Crippen LogP contribution in [0.2, 0.25) is 0 Å². The van der Waals surface area contributed by atoms with Gasteiger partial charge in [-0.2, -0.15) is 0 Å². The van der Waals surface area contributed by atoms with Gasteiger partial charge in [-0.1, -0.05) is 0 Å². The highest BCUT2D eigenvalue weighted by Crippen LogP contribution is 2.44. The number of nitrogens with zero attached hydrogens (tertiary/aromatic N) is 2. The molecule has 5 rings (SSSR count). The number of carbonyl (C=O) groups is 1. The molecular formula is C23H22FN3O3. The van der Waals surface area contributed by atoms with Crippen LogP contribution in [-0.4, -0.2) is 42.8 Å². The highest BCUT2D eigenvalue weighted by Gasteiger charge is 2.38. The molecule has 30 heavy (non-hydrogen) atoms. The van der Waals surface area contributed by atoms with Crippen molar-refractivity contribution in [1.29, 1.82) is 0 Å². The number of nitrogens with one attached hydrogen (secondary N) is 1. The summed E-state index contributed by atoms with van der Waals surface area (Å²) in [6, 6.07) is 8.28. The zero-order valence-electron chi connectivity index (χ0n) is 16.9. The standard InChI is InChI=1S/C23H22FN3O3/c1-23(2)17(14-5-6-25-20(11-14)27-7-9-29-10-8-27)13-19(30-23)21-16-4-3-15(24)12-18(16)26-22(21)28/h3-6,11-13H,7-10H2,1-2H3,(H,26,28)/b21-19+. The van der Waals surface area contributed by atoms with Crippen LogP contribution < -0.4 is 10.2 Å². The van der Waals surface area contributed by atoms with Gasteiger partial charge in [-0.3, -0.25) is 4.79 Å². The summed E-state index contributed by atoms with van der Waals surface area (Å²) >= 11 is 0. The molecule has 1 fully saturated rings. The molecule has 1 amide bonds. The van der Waals surface area contributed by atoms with Gasteiger partial charge in [-0.15, -0.1) is 0 Å². The van der Waals surface area contributed by atoms with E-state index in [1.807, 2.05) is 32.1 Å². The van der Waals surface area contributed by atoms with Crippen LogP contribution >= 0.6 is 0 Å². The van der Waals surface area contributed by atoms with E-state index in [0.717, 1.165) is 30.0 Å². The van der Waals surface area contributed by atoms with Crippen LogP contribution in [-0.2, 0) is 14.3 Å². The largest absolute Gasteiger partial charge is 0.482 e. The number of amides is 1. The molecule has 3 aliphatic heterocycles. The molecule has 0 bridgehead atoms. The Morgan fingerprint density at radius 1 is 1.17 bits per heavy atom. The molecule has 3 aliphatic rings. The molecule has 0 aliphatic carbocycles. The van der Waals surface area contributed by atoms with Gasteiger partial charge < -0.3 is 19.7 Å². The number of aromatic nitrogens is 1. The first-order valence-electron chi connectivity index (χ1n) is 9.98. The first-order chi connectivity index (χ1) is 14.4. The second-order valence-electron chi connectivity index (χ2n) is 8.06. The van der Waals surface area contributed by atoms with Crippen LogP contribution in [0.15, 0.2) is 48.4 Å². The van der Waals surface area contributed by atoms with Crippen molar-refractivity contribution >= 4 is 28.6 Å². The van der Waals surface area contributed by atoms with Crippen molar-refractivity contribution in [2.75, 3.05) is 36.5 Å². The van der Waals surface area contributed by atoms with Crippen LogP contribution in [0.4, 0.5) is 15.9 Å². The Morgan fingerprint density at radius 2 is 1.97 bits per heavy atom. The zero-order valence-corrected chi connectivity index (χ0v) is 16.9. The van der Waals surface area contributed by atoms with E-state index in [1.165, 1.54) is 12.1 Å². The molecule has 1 aromatic heterocycles. The summed E-state index contributed by atoms with van der Waals surface area (Å²) in [6.07, 6.45) is 3.70. The van der Waals surface area contributed by atoms with Gasteiger partial charge in [-0.05, 0) is 55.8 Å². The molecule has 1 aromatic carbocycles. The summed E-state index contributed by atoms with van der Waals surface area (Å²) in [5.74, 6) is 0.704. The molecule has 7 heteroatoms. The molecule has 0 radical (unpaired) electrons. The average molecular weight is 407 g/mol. The second kappa shape index (κ2) is 6.95. The SMILES string of the molecule is CC1(C)O/C(=C2/C(=O)Nc3cc(F)ccc32)C=C1c1ccnc(N2CCOCC2)c1. The fourth-order valence-electron chi connectivity index (χ4n) is 4.16. The average Bonchev–Trinajstić information content (AvgIpc) is 3.22. The van der Waals surface area contributed by atoms with E-state index in [1.54, 1.807) is 12.3 Å². The number of pyridine rings is 1. The third-order valence-electron chi connectivity index (χ3n) is 5.65. The second-order valence-corrected chi connectivity index (χ2v) is 8.06. The Bertz CT molecular complexity index is 1100. The topological polar surface area (TPSA) is 63.7 Å². The number of halogens is 1. The first-order valence-corrected chi connectivity index (χ1v) is 9.98. The summed E-state index contributed by atoms with van der Waals surface area (Å²) in [5, 5.41) is 2.72. The van der Waals surface area contributed by atoms with Crippen molar-refractivity contribution in [1.82, 2.24) is 4.98 Å². The van der Waals surface area contributed by atoms with Crippen molar-refractivity contribution in [2.24, 2.45) is 0 Å². The van der Waals surface area contributed by atoms with Gasteiger partial charge in [0.15, 0.2) is 0 Å². The summed E-state index contributed by atoms with van der Waals surface area (Å²) < 4.78 is 25.2. The van der Waals surface area contributed by atoms with Gasteiger partial charge in [0.1, 0.15) is 23.0 Å². The zero-order chi connectivity index (χ0) is 20.9. The van der Waals surface area contributed by atoms with E-state index in [4.69, 9.17) is 9.47 Å². The van der Waals surface area contributed by atoms with Crippen LogP contribution in [0.5, 0.6) is 0 Å². The monoisotopic (exact) mass is 407 g/mol. The van der Waals surface area contributed by atoms with Crippen LogP contribution in [0, 0.1) is 5.82 Å². The molecule has 2 aromatic rings. The Morgan fingerprint density at radius 3 is 2.77 bits per heavy atom. The molecule has 6 nitrogen and oxygen atoms in total. The number of rotatable bonds is 2. The summed E-state index contributed by atoms with van der Waals surface area (Å²) in [6.45, 7) is 6.93. The lowest BCUT2D eigenvalue weighted by atomic mass is 9.92. The third kappa shape index (κ3) is 3.15. The van der Waals surface area contributed by atoms with Crippen LogP contribution in [0.25, 0.3) is 11.1 Å². The van der Waals surface area contributed by atoms with E-state index < -0.39 is 11.4 Å². The quantitative estimate of drug-likeness (QED) is 0.771. The number of fused-ring (bicyclic) bond motifs is 1. The number of hydrogen-bond acceptors (Lipinski definition) is 5. The maximum atomic E-state index is 13.6. The maximum Gasteiger partial charge on any atom is 0.260 e. The fraction of sp³-hybridized carbons (Fsp3) is 0.304. The normalized spacial score (nSPS) is 22.4. The van der Waals surface area contributed by atoms with E-state index in [-0.39, 0.29) is 5.91 Å². The van der Waals surface area contributed by atoms with Crippen LogP contribution in [0.1, 0.15) is 25.0 Å². The third-order valence-corrected chi connectivity index (χ3v) is 5.65. The first kappa shape index (κ1) is 18.8. The molecule has 0 spiro atoms. The Balaban J connectivity index is 1.56. The molecule has 154 valence electrons. The molecule has 0 atom stereocenters. The van der Waals surface area contributed by atoms with Crippen molar-refractivity contribution in [3.8, 4) is 0 Å². The van der Waals surface area contributed by atoms with Gasteiger partial charge in [0.05, 0.1) is 24.5 Å². The molecule has 4 heterocycles. The fourth-order valence-corrected chi connectivity index (χ4v) is 4.16. The Labute approximate surface area is 174 Å². The molecule has 0 unspecified atom stereocenters. The lowest BCUT2D eigenvalue weighted by Crippen LogP contribution is -2.36. The van der Waals surface area contributed by atoms with Gasteiger partial charge in [-0.25, -0.2) is 9.37 Å². The van der Waals surface area contributed by atoms with E-state index in [9.17, 15) is 9.18 Å². The molecule has 1 N–H and O–H groups in total. The molecule has 0 saturated carbocycles. The number of anilines is 2. The Kier molecular flexibility index (Phi) is 4.36. The van der Waals surface area contributed by atoms with Crippen molar-refractivity contribution < 1.29 is 18.7 Å². The number of ether oxygens (including phenoxy) is 2. The van der Waals surface area contributed by atoms with Crippen molar-refractivity contribution in [3.05, 3.63) is 65.3 Å². The highest BCUT2D eigenvalue weighted by molar-refractivity contribution is 6.32. The highest BCUT2D eigenvalue weighted by atomic mass is 19.1. The van der Waals surface area contributed by atoms with Crippen molar-refractivity contribution in [2.45, 2.75) is 19.4 Å². The molecular weight excluding hydrogens is 385 g/mol. The molecule has 1 saturated heterocycles. The lowest BCUT2D eigenvalue weighted by Gasteiger charge is -2.29. The minimum absolute atomic E-state index is 0.289. The van der Waals surface area contributed by atoms with Crippen LogP contribution in [0.3, 0.4) is 0 Å². The summed E-state index contributed by atoms with van der Waals surface area (Å²) in [5.41, 5.74) is 2.86. The van der Waals surface area contributed by atoms with Gasteiger partial charge in [0.2, 0.25) is 0 Å². The number of hydrogen-bond donors (Lipinski definition) is 1. The number of benzene rings is 1. The summed E-state index contributed by atoms with van der Waals surface area (Å²) in [7, 11) is 0. The Hall–Kier alpha value is -3.19. The predicted molar refractivity (Wildman–Crippen MR) is 112 cm³/mol. The van der Waals surface area contributed by atoms with E-state index in [0.29, 0.717) is 35.8 Å². The van der Waals surface area contributed by atoms with Gasteiger partial charge in [0, 0.05) is 30.4 Å². The minimum Gasteiger partial charge on any atom is -0.482 e. The van der Waals surface area contributed by atoms with E-state index in [2.05, 4.69) is 15.2 Å². The number of morpholine rings is 1. The van der Waals surface area contributed by atoms with Crippen molar-refractivity contribution in [3.63, 3.8) is 0 Å². The lowest BCUT2D eigenvalue weighted by molar-refractivity contribution is -0.111. The maximum absolute atomic E-state index is 13.6.